The van der Waals surface area contributed by atoms with Crippen molar-refractivity contribution in [1.82, 2.24) is 16.0 Å². The normalized spacial score (nSPS) is 27.6. The highest BCUT2D eigenvalue weighted by atomic mass is 16.2. The van der Waals surface area contributed by atoms with Gasteiger partial charge in [-0.05, 0) is 52.5 Å². The fourth-order valence-electron chi connectivity index (χ4n) is 2.75. The molecule has 1 aliphatic carbocycles. The summed E-state index contributed by atoms with van der Waals surface area (Å²) in [4.78, 5) is 11.6. The molecule has 1 saturated heterocycles. The molecule has 0 radical (unpaired) electrons. The molecule has 3 N–H and O–H groups in total. The minimum Gasteiger partial charge on any atom is -0.336 e. The second-order valence-corrected chi connectivity index (χ2v) is 5.52. The molecule has 0 bridgehead atoms. The predicted octanol–water partition coefficient (Wildman–Crippen LogP) is 1.37. The number of carbonyl (C=O) groups is 1. The minimum absolute atomic E-state index is 0.0172. The fraction of sp³-hybridized carbons (Fsp3) is 0.917. The van der Waals surface area contributed by atoms with Gasteiger partial charge in [0.15, 0.2) is 0 Å². The number of hydrogen-bond acceptors (Lipinski definition) is 2. The molecule has 0 aromatic rings. The number of piperidine rings is 1. The molecule has 16 heavy (non-hydrogen) atoms. The Labute approximate surface area is 97.6 Å². The lowest BCUT2D eigenvalue weighted by molar-refractivity contribution is 0.121. The van der Waals surface area contributed by atoms with Crippen molar-refractivity contribution in [1.29, 1.82) is 0 Å². The molecular weight excluding hydrogens is 202 g/mol. The lowest BCUT2D eigenvalue weighted by Gasteiger charge is -2.48. The maximum atomic E-state index is 11.6. The summed E-state index contributed by atoms with van der Waals surface area (Å²) in [7, 11) is 0. The molecule has 0 aromatic heterocycles. The molecule has 1 unspecified atom stereocenters. The van der Waals surface area contributed by atoms with E-state index in [9.17, 15) is 4.79 Å². The van der Waals surface area contributed by atoms with E-state index in [0.717, 1.165) is 19.4 Å². The molecule has 1 aliphatic heterocycles. The maximum Gasteiger partial charge on any atom is 0.315 e. The van der Waals surface area contributed by atoms with Crippen LogP contribution in [-0.2, 0) is 0 Å². The molecule has 1 atom stereocenters. The van der Waals surface area contributed by atoms with Gasteiger partial charge in [0.25, 0.3) is 0 Å². The number of nitrogens with one attached hydrogen (secondary N) is 3. The lowest BCUT2D eigenvalue weighted by atomic mass is 9.70. The van der Waals surface area contributed by atoms with Crippen LogP contribution in [0.2, 0.25) is 0 Å². The van der Waals surface area contributed by atoms with E-state index in [0.29, 0.717) is 11.6 Å². The van der Waals surface area contributed by atoms with Crippen LogP contribution in [0.5, 0.6) is 0 Å². The summed E-state index contributed by atoms with van der Waals surface area (Å²) in [6.45, 7) is 5.00. The molecule has 1 saturated carbocycles. The molecule has 1 spiro atoms. The third-order valence-corrected chi connectivity index (χ3v) is 3.70. The van der Waals surface area contributed by atoms with E-state index in [1.165, 1.54) is 19.3 Å². The molecule has 2 amide bonds. The zero-order valence-corrected chi connectivity index (χ0v) is 10.3. The highest BCUT2D eigenvalue weighted by molar-refractivity contribution is 5.74. The Morgan fingerprint density at radius 3 is 2.75 bits per heavy atom. The van der Waals surface area contributed by atoms with Crippen molar-refractivity contribution >= 4 is 6.03 Å². The van der Waals surface area contributed by atoms with Gasteiger partial charge in [0.2, 0.25) is 0 Å². The summed E-state index contributed by atoms with van der Waals surface area (Å²) < 4.78 is 0. The number of amides is 2. The molecule has 92 valence electrons. The average Bonchev–Trinajstić information content (AvgIpc) is 2.14. The number of rotatable bonds is 2. The maximum absolute atomic E-state index is 11.6. The Morgan fingerprint density at radius 2 is 2.19 bits per heavy atom. The van der Waals surface area contributed by atoms with Gasteiger partial charge < -0.3 is 16.0 Å². The third kappa shape index (κ3) is 2.67. The highest BCUT2D eigenvalue weighted by Crippen LogP contribution is 2.38. The number of carbonyl (C=O) groups excluding carboxylic acids is 1. The first-order valence-corrected chi connectivity index (χ1v) is 6.42. The molecular formula is C12H23N3O. The Morgan fingerprint density at radius 1 is 1.44 bits per heavy atom. The summed E-state index contributed by atoms with van der Waals surface area (Å²) in [5.74, 6) is 0. The zero-order chi connectivity index (χ0) is 11.6. The summed E-state index contributed by atoms with van der Waals surface area (Å²) >= 11 is 0. The van der Waals surface area contributed by atoms with Gasteiger partial charge in [0.05, 0.1) is 0 Å². The largest absolute Gasteiger partial charge is 0.336 e. The van der Waals surface area contributed by atoms with Crippen LogP contribution in [0, 0.1) is 0 Å². The van der Waals surface area contributed by atoms with Crippen molar-refractivity contribution in [2.45, 2.75) is 63.6 Å². The van der Waals surface area contributed by atoms with Crippen LogP contribution in [0.15, 0.2) is 0 Å². The van der Waals surface area contributed by atoms with E-state index in [1.54, 1.807) is 0 Å². The smallest absolute Gasteiger partial charge is 0.315 e. The summed E-state index contributed by atoms with van der Waals surface area (Å²) in [6.07, 6.45) is 6.03. The summed E-state index contributed by atoms with van der Waals surface area (Å²) in [5.41, 5.74) is 0.355. The second-order valence-electron chi connectivity index (χ2n) is 5.52. The Kier molecular flexibility index (Phi) is 3.38. The van der Waals surface area contributed by atoms with Gasteiger partial charge in [-0.15, -0.1) is 0 Å². The molecule has 2 fully saturated rings. The van der Waals surface area contributed by atoms with E-state index in [1.807, 2.05) is 13.8 Å². The Hall–Kier alpha value is -0.770. The van der Waals surface area contributed by atoms with E-state index in [4.69, 9.17) is 0 Å². The zero-order valence-electron chi connectivity index (χ0n) is 10.3. The fourth-order valence-corrected chi connectivity index (χ4v) is 2.75. The minimum atomic E-state index is -0.0172. The molecule has 4 heteroatoms. The van der Waals surface area contributed by atoms with E-state index >= 15 is 0 Å². The van der Waals surface area contributed by atoms with Gasteiger partial charge in [-0.3, -0.25) is 0 Å². The Bertz CT molecular complexity index is 261. The number of urea groups is 1. The molecule has 1 heterocycles. The molecule has 2 rings (SSSR count). The van der Waals surface area contributed by atoms with Crippen molar-refractivity contribution in [2.24, 2.45) is 0 Å². The van der Waals surface area contributed by atoms with Crippen molar-refractivity contribution in [2.75, 3.05) is 6.54 Å². The van der Waals surface area contributed by atoms with Crippen molar-refractivity contribution in [3.63, 3.8) is 0 Å². The van der Waals surface area contributed by atoms with E-state index < -0.39 is 0 Å². The van der Waals surface area contributed by atoms with Gasteiger partial charge in [-0.25, -0.2) is 4.79 Å². The van der Waals surface area contributed by atoms with Crippen molar-refractivity contribution in [3.05, 3.63) is 0 Å². The van der Waals surface area contributed by atoms with Gasteiger partial charge >= 0.3 is 6.03 Å². The van der Waals surface area contributed by atoms with Crippen LogP contribution >= 0.6 is 0 Å². The first-order chi connectivity index (χ1) is 7.60. The quantitative estimate of drug-likeness (QED) is 0.665. The molecule has 2 aliphatic rings. The number of hydrogen-bond donors (Lipinski definition) is 3. The SMILES string of the molecule is CC(C)NC(=O)NC1CCNC2(CCC2)C1. The summed E-state index contributed by atoms with van der Waals surface area (Å²) in [6, 6.07) is 0.538. The van der Waals surface area contributed by atoms with Crippen LogP contribution in [0.1, 0.15) is 46.0 Å². The third-order valence-electron chi connectivity index (χ3n) is 3.70. The topological polar surface area (TPSA) is 53.2 Å². The summed E-state index contributed by atoms with van der Waals surface area (Å²) in [5, 5.41) is 9.57. The van der Waals surface area contributed by atoms with Crippen molar-refractivity contribution in [3.8, 4) is 0 Å². The van der Waals surface area contributed by atoms with Gasteiger partial charge in [-0.2, -0.15) is 0 Å². The van der Waals surface area contributed by atoms with Crippen molar-refractivity contribution < 1.29 is 4.79 Å². The Balaban J connectivity index is 1.79. The van der Waals surface area contributed by atoms with Crippen LogP contribution < -0.4 is 16.0 Å². The van der Waals surface area contributed by atoms with E-state index in [2.05, 4.69) is 16.0 Å². The monoisotopic (exact) mass is 225 g/mol. The predicted molar refractivity (Wildman–Crippen MR) is 64.4 cm³/mol. The molecule has 4 nitrogen and oxygen atoms in total. The van der Waals surface area contributed by atoms with Crippen LogP contribution in [0.4, 0.5) is 4.79 Å². The van der Waals surface area contributed by atoms with E-state index in [-0.39, 0.29) is 12.1 Å². The molecule has 0 aromatic carbocycles. The standard InChI is InChI=1S/C12H23N3O/c1-9(2)14-11(16)15-10-4-7-13-12(8-10)5-3-6-12/h9-10,13H,3-8H2,1-2H3,(H2,14,15,16). The van der Waals surface area contributed by atoms with Crippen LogP contribution in [0.25, 0.3) is 0 Å². The van der Waals surface area contributed by atoms with Gasteiger partial charge in [-0.1, -0.05) is 0 Å². The van der Waals surface area contributed by atoms with Gasteiger partial charge in [0, 0.05) is 17.6 Å². The van der Waals surface area contributed by atoms with Gasteiger partial charge in [0.1, 0.15) is 0 Å². The first-order valence-electron chi connectivity index (χ1n) is 6.42. The van der Waals surface area contributed by atoms with Crippen LogP contribution in [0.3, 0.4) is 0 Å². The second kappa shape index (κ2) is 4.62. The van der Waals surface area contributed by atoms with Crippen LogP contribution in [-0.4, -0.2) is 30.2 Å². The average molecular weight is 225 g/mol. The lowest BCUT2D eigenvalue weighted by Crippen LogP contribution is -2.60. The highest BCUT2D eigenvalue weighted by Gasteiger charge is 2.41. The first kappa shape index (κ1) is 11.7.